The number of carbonyl (C=O) groups is 2. The molecule has 7 heteroatoms. The van der Waals surface area contributed by atoms with Crippen molar-refractivity contribution in [3.05, 3.63) is 52.5 Å². The van der Waals surface area contributed by atoms with Crippen LogP contribution in [0.4, 0.5) is 5.69 Å². The van der Waals surface area contributed by atoms with Crippen LogP contribution in [-0.2, 0) is 4.79 Å². The number of nitrogens with zero attached hydrogens (tertiary/aromatic N) is 1. The molecule has 1 amide bonds. The molecule has 1 atom stereocenters. The first-order valence-corrected chi connectivity index (χ1v) is 8.93. The van der Waals surface area contributed by atoms with E-state index in [1.807, 2.05) is 43.1 Å². The highest BCUT2D eigenvalue weighted by Gasteiger charge is 2.21. The van der Waals surface area contributed by atoms with E-state index in [0.717, 1.165) is 5.56 Å². The number of ketones is 1. The number of ether oxygens (including phenoxy) is 2. The van der Waals surface area contributed by atoms with Crippen LogP contribution in [0.3, 0.4) is 0 Å². The maximum atomic E-state index is 12.5. The molecule has 2 aromatic carbocycles. The topological polar surface area (TPSA) is 67.9 Å². The molecule has 1 heterocycles. The Morgan fingerprint density at radius 1 is 1.22 bits per heavy atom. The first-order valence-electron chi connectivity index (χ1n) is 8.55. The summed E-state index contributed by atoms with van der Waals surface area (Å²) in [4.78, 5) is 26.4. The average Bonchev–Trinajstić information content (AvgIpc) is 3.07. The molecular formula is C20H21ClN2O4. The number of halogens is 1. The van der Waals surface area contributed by atoms with Crippen LogP contribution >= 0.6 is 11.6 Å². The van der Waals surface area contributed by atoms with Crippen LogP contribution in [0.15, 0.2) is 36.4 Å². The Labute approximate surface area is 163 Å². The zero-order chi connectivity index (χ0) is 19.6. The zero-order valence-corrected chi connectivity index (χ0v) is 16.2. The highest BCUT2D eigenvalue weighted by molar-refractivity contribution is 6.30. The van der Waals surface area contributed by atoms with Gasteiger partial charge in [0.2, 0.25) is 12.7 Å². The molecule has 1 aliphatic rings. The maximum Gasteiger partial charge on any atom is 0.238 e. The monoisotopic (exact) mass is 388 g/mol. The molecule has 0 aliphatic carbocycles. The van der Waals surface area contributed by atoms with Crippen molar-refractivity contribution in [3.63, 3.8) is 0 Å². The van der Waals surface area contributed by atoms with Gasteiger partial charge in [-0.3, -0.25) is 14.5 Å². The van der Waals surface area contributed by atoms with E-state index in [0.29, 0.717) is 27.8 Å². The first-order chi connectivity index (χ1) is 12.8. The fourth-order valence-electron chi connectivity index (χ4n) is 2.91. The summed E-state index contributed by atoms with van der Waals surface area (Å²) in [5.74, 6) is 0.623. The Balaban J connectivity index is 1.71. The molecule has 0 radical (unpaired) electrons. The Kier molecular flexibility index (Phi) is 5.68. The van der Waals surface area contributed by atoms with E-state index in [4.69, 9.17) is 21.1 Å². The Hall–Kier alpha value is -2.57. The Morgan fingerprint density at radius 2 is 1.93 bits per heavy atom. The van der Waals surface area contributed by atoms with Gasteiger partial charge in [0.25, 0.3) is 0 Å². The third-order valence-corrected chi connectivity index (χ3v) is 4.79. The van der Waals surface area contributed by atoms with E-state index in [9.17, 15) is 9.59 Å². The van der Waals surface area contributed by atoms with Gasteiger partial charge in [-0.2, -0.15) is 0 Å². The second-order valence-electron chi connectivity index (χ2n) is 6.50. The summed E-state index contributed by atoms with van der Waals surface area (Å²) in [5.41, 5.74) is 1.82. The minimum absolute atomic E-state index is 0.00141. The van der Waals surface area contributed by atoms with Crippen LogP contribution in [0.1, 0.15) is 35.8 Å². The van der Waals surface area contributed by atoms with Crippen molar-refractivity contribution in [3.8, 4) is 11.5 Å². The third-order valence-electron chi connectivity index (χ3n) is 4.55. The van der Waals surface area contributed by atoms with Crippen molar-refractivity contribution in [2.24, 2.45) is 0 Å². The molecule has 0 saturated heterocycles. The number of benzene rings is 2. The lowest BCUT2D eigenvalue weighted by atomic mass is 10.1. The predicted octanol–water partition coefficient (Wildman–Crippen LogP) is 3.90. The van der Waals surface area contributed by atoms with Gasteiger partial charge in [0.15, 0.2) is 17.3 Å². The van der Waals surface area contributed by atoms with Crippen LogP contribution < -0.4 is 14.8 Å². The van der Waals surface area contributed by atoms with E-state index in [1.54, 1.807) is 12.1 Å². The lowest BCUT2D eigenvalue weighted by Gasteiger charge is -2.24. The van der Waals surface area contributed by atoms with Crippen molar-refractivity contribution in [2.75, 3.05) is 25.7 Å². The van der Waals surface area contributed by atoms with Gasteiger partial charge >= 0.3 is 0 Å². The fourth-order valence-corrected chi connectivity index (χ4v) is 3.11. The fraction of sp³-hybridized carbons (Fsp3) is 0.300. The number of carbonyl (C=O) groups excluding carboxylic acids is 2. The number of Topliss-reactive ketones (excluding diaryl/α,β-unsaturated/α-hetero) is 1. The third kappa shape index (κ3) is 4.40. The molecule has 6 nitrogen and oxygen atoms in total. The van der Waals surface area contributed by atoms with Gasteiger partial charge in [0.1, 0.15) is 0 Å². The number of nitrogens with one attached hydrogen (secondary N) is 1. The molecule has 142 valence electrons. The molecule has 0 fully saturated rings. The van der Waals surface area contributed by atoms with Crippen LogP contribution in [-0.4, -0.2) is 37.0 Å². The highest BCUT2D eigenvalue weighted by Crippen LogP contribution is 2.37. The Morgan fingerprint density at radius 3 is 2.59 bits per heavy atom. The maximum absolute atomic E-state index is 12.5. The lowest BCUT2D eigenvalue weighted by molar-refractivity contribution is -0.117. The SMILES string of the molecule is CC(=O)c1cc2c(cc1NC(=O)CN(C)C(C)c1cccc(Cl)c1)OCO2. The average molecular weight is 389 g/mol. The summed E-state index contributed by atoms with van der Waals surface area (Å²) in [7, 11) is 1.86. The minimum atomic E-state index is -0.229. The molecule has 1 aliphatic heterocycles. The highest BCUT2D eigenvalue weighted by atomic mass is 35.5. The summed E-state index contributed by atoms with van der Waals surface area (Å²) in [5, 5.41) is 3.46. The number of hydrogen-bond acceptors (Lipinski definition) is 5. The van der Waals surface area contributed by atoms with E-state index in [2.05, 4.69) is 5.32 Å². The normalized spacial score (nSPS) is 13.5. The van der Waals surface area contributed by atoms with Gasteiger partial charge in [-0.25, -0.2) is 0 Å². The molecule has 1 N–H and O–H groups in total. The van der Waals surface area contributed by atoms with E-state index in [1.165, 1.54) is 6.92 Å². The number of anilines is 1. The lowest BCUT2D eigenvalue weighted by Crippen LogP contribution is -2.32. The van der Waals surface area contributed by atoms with Crippen molar-refractivity contribution >= 4 is 29.0 Å². The van der Waals surface area contributed by atoms with Crippen molar-refractivity contribution in [2.45, 2.75) is 19.9 Å². The number of hydrogen-bond donors (Lipinski definition) is 1. The number of amides is 1. The molecule has 0 spiro atoms. The first kappa shape index (κ1) is 19.2. The molecule has 3 rings (SSSR count). The van der Waals surface area contributed by atoms with Crippen molar-refractivity contribution in [1.29, 1.82) is 0 Å². The number of likely N-dealkylation sites (N-methyl/N-ethyl adjacent to an activating group) is 1. The summed E-state index contributed by atoms with van der Waals surface area (Å²) >= 11 is 6.05. The molecule has 0 saturated carbocycles. The molecular weight excluding hydrogens is 368 g/mol. The molecule has 0 bridgehead atoms. The van der Waals surface area contributed by atoms with E-state index >= 15 is 0 Å². The summed E-state index contributed by atoms with van der Waals surface area (Å²) in [6, 6.07) is 10.8. The van der Waals surface area contributed by atoms with Gasteiger partial charge in [0, 0.05) is 22.7 Å². The number of fused-ring (bicyclic) bond motifs is 1. The predicted molar refractivity (Wildman–Crippen MR) is 104 cm³/mol. The van der Waals surface area contributed by atoms with Gasteiger partial charge in [-0.15, -0.1) is 0 Å². The number of rotatable bonds is 6. The van der Waals surface area contributed by atoms with Crippen molar-refractivity contribution < 1.29 is 19.1 Å². The van der Waals surface area contributed by atoms with Crippen molar-refractivity contribution in [1.82, 2.24) is 4.90 Å². The van der Waals surface area contributed by atoms with Gasteiger partial charge in [-0.05, 0) is 44.7 Å². The van der Waals surface area contributed by atoms with Crippen LogP contribution in [0, 0.1) is 0 Å². The second-order valence-corrected chi connectivity index (χ2v) is 6.94. The van der Waals surface area contributed by atoms with E-state index in [-0.39, 0.29) is 31.1 Å². The Bertz CT molecular complexity index is 884. The smallest absolute Gasteiger partial charge is 0.238 e. The molecule has 0 aromatic heterocycles. The van der Waals surface area contributed by atoms with Crippen LogP contribution in [0.25, 0.3) is 0 Å². The quantitative estimate of drug-likeness (QED) is 0.760. The molecule has 2 aromatic rings. The standard InChI is InChI=1S/C20H21ClN2O4/c1-12(14-5-4-6-15(21)7-14)23(3)10-20(25)22-17-9-19-18(26-11-27-19)8-16(17)13(2)24/h4-9,12H,10-11H2,1-3H3,(H,22,25). The van der Waals surface area contributed by atoms with Crippen LogP contribution in [0.2, 0.25) is 5.02 Å². The molecule has 27 heavy (non-hydrogen) atoms. The van der Waals surface area contributed by atoms with Crippen LogP contribution in [0.5, 0.6) is 11.5 Å². The summed E-state index contributed by atoms with van der Waals surface area (Å²) in [6.45, 7) is 3.70. The van der Waals surface area contributed by atoms with Gasteiger partial charge in [-0.1, -0.05) is 23.7 Å². The second kappa shape index (κ2) is 7.98. The minimum Gasteiger partial charge on any atom is -0.454 e. The zero-order valence-electron chi connectivity index (χ0n) is 15.4. The van der Waals surface area contributed by atoms with Gasteiger partial charge in [0.05, 0.1) is 12.2 Å². The van der Waals surface area contributed by atoms with E-state index < -0.39 is 0 Å². The largest absolute Gasteiger partial charge is 0.454 e. The summed E-state index contributed by atoms with van der Waals surface area (Å²) in [6.07, 6.45) is 0. The summed E-state index contributed by atoms with van der Waals surface area (Å²) < 4.78 is 10.6. The van der Waals surface area contributed by atoms with Gasteiger partial charge < -0.3 is 14.8 Å². The molecule has 1 unspecified atom stereocenters.